The molecule has 1 heterocycles. The molecule has 1 aromatic rings. The maximum atomic E-state index is 12.2. The lowest BCUT2D eigenvalue weighted by molar-refractivity contribution is -0.134. The predicted octanol–water partition coefficient (Wildman–Crippen LogP) is -0.0617. The van der Waals surface area contributed by atoms with Gasteiger partial charge in [0.25, 0.3) is 0 Å². The van der Waals surface area contributed by atoms with Crippen molar-refractivity contribution in [3.63, 3.8) is 0 Å². The normalized spacial score (nSPS) is 17.6. The van der Waals surface area contributed by atoms with Crippen molar-refractivity contribution in [1.82, 2.24) is 9.62 Å². The van der Waals surface area contributed by atoms with Crippen molar-refractivity contribution in [3.8, 4) is 0 Å². The molecule has 1 aliphatic rings. The molecule has 1 fully saturated rings. The largest absolute Gasteiger partial charge is 0.294 e. The summed E-state index contributed by atoms with van der Waals surface area (Å²) in [4.78, 5) is 22.4. The number of piperazine rings is 1. The summed E-state index contributed by atoms with van der Waals surface area (Å²) in [5.41, 5.74) is 0. The number of rotatable bonds is 2. The van der Waals surface area contributed by atoms with E-state index in [1.54, 1.807) is 12.1 Å². The number of hydrogen-bond donors (Lipinski definition) is 1. The zero-order valence-corrected chi connectivity index (χ0v) is 12.1. The molecule has 1 saturated heterocycles. The standard InChI is InChI=1S/C10H9IN2O4S/c11-7-1-3-8(4-2-7)18(16,17)13-5-9(14)12-10(15)6-13/h1-4H,5-6H2,(H,12,14,15). The van der Waals surface area contributed by atoms with Gasteiger partial charge in [-0.1, -0.05) is 0 Å². The van der Waals surface area contributed by atoms with Crippen LogP contribution in [0.3, 0.4) is 0 Å². The lowest BCUT2D eigenvalue weighted by Gasteiger charge is -2.24. The maximum absolute atomic E-state index is 12.2. The number of hydrogen-bond acceptors (Lipinski definition) is 4. The van der Waals surface area contributed by atoms with Crippen molar-refractivity contribution in [1.29, 1.82) is 0 Å². The molecule has 8 heteroatoms. The summed E-state index contributed by atoms with van der Waals surface area (Å²) < 4.78 is 26.1. The molecule has 0 spiro atoms. The number of nitrogens with one attached hydrogen (secondary N) is 1. The molecule has 6 nitrogen and oxygen atoms in total. The van der Waals surface area contributed by atoms with Gasteiger partial charge in [0.15, 0.2) is 0 Å². The summed E-state index contributed by atoms with van der Waals surface area (Å²) in [7, 11) is -3.80. The summed E-state index contributed by atoms with van der Waals surface area (Å²) in [5.74, 6) is -1.22. The van der Waals surface area contributed by atoms with E-state index in [1.807, 2.05) is 0 Å². The van der Waals surface area contributed by atoms with E-state index in [2.05, 4.69) is 27.9 Å². The first kappa shape index (κ1) is 13.4. The fourth-order valence-electron chi connectivity index (χ4n) is 1.54. The van der Waals surface area contributed by atoms with Crippen LogP contribution >= 0.6 is 22.6 Å². The zero-order chi connectivity index (χ0) is 13.3. The van der Waals surface area contributed by atoms with Crippen molar-refractivity contribution in [2.45, 2.75) is 4.90 Å². The highest BCUT2D eigenvalue weighted by Crippen LogP contribution is 2.17. The Kier molecular flexibility index (Phi) is 3.69. The van der Waals surface area contributed by atoms with E-state index >= 15 is 0 Å². The molecule has 0 aliphatic carbocycles. The van der Waals surface area contributed by atoms with Crippen LogP contribution in [-0.2, 0) is 19.6 Å². The third kappa shape index (κ3) is 2.70. The third-order valence-electron chi connectivity index (χ3n) is 2.37. The first-order chi connectivity index (χ1) is 8.39. The van der Waals surface area contributed by atoms with Gasteiger partial charge in [-0.05, 0) is 46.9 Å². The van der Waals surface area contributed by atoms with Gasteiger partial charge in [0.05, 0.1) is 18.0 Å². The second kappa shape index (κ2) is 4.94. The Labute approximate surface area is 118 Å². The van der Waals surface area contributed by atoms with E-state index in [-0.39, 0.29) is 18.0 Å². The van der Waals surface area contributed by atoms with Crippen LogP contribution in [0.1, 0.15) is 0 Å². The Morgan fingerprint density at radius 3 is 2.06 bits per heavy atom. The van der Waals surface area contributed by atoms with Gasteiger partial charge in [-0.25, -0.2) is 8.42 Å². The lowest BCUT2D eigenvalue weighted by Crippen LogP contribution is -2.53. The average Bonchev–Trinajstić information content (AvgIpc) is 2.28. The number of benzene rings is 1. The minimum absolute atomic E-state index is 0.0745. The molecule has 0 bridgehead atoms. The van der Waals surface area contributed by atoms with Crippen LogP contribution in [0.4, 0.5) is 0 Å². The Bertz CT molecular complexity index is 581. The summed E-state index contributed by atoms with van der Waals surface area (Å²) in [6.07, 6.45) is 0. The molecule has 0 radical (unpaired) electrons. The van der Waals surface area contributed by atoms with Gasteiger partial charge in [0, 0.05) is 3.57 Å². The van der Waals surface area contributed by atoms with Crippen LogP contribution in [0.25, 0.3) is 0 Å². The molecule has 96 valence electrons. The molecule has 2 rings (SSSR count). The van der Waals surface area contributed by atoms with Gasteiger partial charge in [-0.15, -0.1) is 0 Å². The van der Waals surface area contributed by atoms with E-state index in [0.29, 0.717) is 0 Å². The van der Waals surface area contributed by atoms with Crippen LogP contribution in [-0.4, -0.2) is 37.6 Å². The van der Waals surface area contributed by atoms with Crippen LogP contribution in [0.15, 0.2) is 29.2 Å². The number of halogens is 1. The Balaban J connectivity index is 2.33. The van der Waals surface area contributed by atoms with Crippen LogP contribution in [0.2, 0.25) is 0 Å². The zero-order valence-electron chi connectivity index (χ0n) is 9.09. The van der Waals surface area contributed by atoms with Gasteiger partial charge >= 0.3 is 0 Å². The maximum Gasteiger partial charge on any atom is 0.244 e. The fourth-order valence-corrected chi connectivity index (χ4v) is 3.25. The highest BCUT2D eigenvalue weighted by molar-refractivity contribution is 14.1. The van der Waals surface area contributed by atoms with Gasteiger partial charge in [0.1, 0.15) is 0 Å². The average molecular weight is 380 g/mol. The summed E-state index contributed by atoms with van der Waals surface area (Å²) >= 11 is 2.06. The van der Waals surface area contributed by atoms with Gasteiger partial charge in [-0.2, -0.15) is 4.31 Å². The molecule has 18 heavy (non-hydrogen) atoms. The van der Waals surface area contributed by atoms with E-state index < -0.39 is 21.8 Å². The molecule has 0 unspecified atom stereocenters. The molecule has 0 atom stereocenters. The molecular formula is C10H9IN2O4S. The van der Waals surface area contributed by atoms with Crippen LogP contribution in [0, 0.1) is 3.57 Å². The minimum atomic E-state index is -3.80. The van der Waals surface area contributed by atoms with E-state index in [4.69, 9.17) is 0 Å². The SMILES string of the molecule is O=C1CN(S(=O)(=O)c2ccc(I)cc2)CC(=O)N1. The summed E-state index contributed by atoms with van der Waals surface area (Å²) in [6, 6.07) is 6.21. The molecule has 1 aliphatic heterocycles. The van der Waals surface area contributed by atoms with E-state index in [1.165, 1.54) is 12.1 Å². The van der Waals surface area contributed by atoms with Gasteiger partial charge < -0.3 is 0 Å². The topological polar surface area (TPSA) is 83.6 Å². The quantitative estimate of drug-likeness (QED) is 0.576. The number of carbonyl (C=O) groups excluding carboxylic acids is 2. The first-order valence-electron chi connectivity index (χ1n) is 4.98. The van der Waals surface area contributed by atoms with Crippen molar-refractivity contribution < 1.29 is 18.0 Å². The smallest absolute Gasteiger partial charge is 0.244 e. The van der Waals surface area contributed by atoms with Crippen molar-refractivity contribution in [2.75, 3.05) is 13.1 Å². The predicted molar refractivity (Wildman–Crippen MR) is 71.1 cm³/mol. The lowest BCUT2D eigenvalue weighted by atomic mass is 10.4. The molecule has 1 aromatic carbocycles. The van der Waals surface area contributed by atoms with Gasteiger partial charge in [0.2, 0.25) is 21.8 Å². The number of sulfonamides is 1. The summed E-state index contributed by atoms with van der Waals surface area (Å²) in [6.45, 7) is -0.667. The highest BCUT2D eigenvalue weighted by atomic mass is 127. The number of carbonyl (C=O) groups is 2. The Morgan fingerprint density at radius 2 is 1.56 bits per heavy atom. The van der Waals surface area contributed by atoms with E-state index in [9.17, 15) is 18.0 Å². The molecule has 0 aromatic heterocycles. The van der Waals surface area contributed by atoms with E-state index in [0.717, 1.165) is 7.88 Å². The second-order valence-electron chi connectivity index (χ2n) is 3.70. The molecule has 2 amide bonds. The molecule has 0 saturated carbocycles. The number of imide groups is 1. The Morgan fingerprint density at radius 1 is 1.06 bits per heavy atom. The van der Waals surface area contributed by atoms with Crippen molar-refractivity contribution in [2.24, 2.45) is 0 Å². The fraction of sp³-hybridized carbons (Fsp3) is 0.200. The molecule has 1 N–H and O–H groups in total. The third-order valence-corrected chi connectivity index (χ3v) is 4.90. The van der Waals surface area contributed by atoms with Crippen LogP contribution in [0.5, 0.6) is 0 Å². The van der Waals surface area contributed by atoms with Crippen molar-refractivity contribution >= 4 is 44.4 Å². The second-order valence-corrected chi connectivity index (χ2v) is 6.88. The number of nitrogens with zero attached hydrogens (tertiary/aromatic N) is 1. The van der Waals surface area contributed by atoms with Crippen LogP contribution < -0.4 is 5.32 Å². The monoisotopic (exact) mass is 380 g/mol. The van der Waals surface area contributed by atoms with Gasteiger partial charge in [-0.3, -0.25) is 14.9 Å². The van der Waals surface area contributed by atoms with Crippen molar-refractivity contribution in [3.05, 3.63) is 27.8 Å². The highest BCUT2D eigenvalue weighted by Gasteiger charge is 2.32. The Hall–Kier alpha value is -1.00. The molecular weight excluding hydrogens is 371 g/mol. The first-order valence-corrected chi connectivity index (χ1v) is 7.50. The minimum Gasteiger partial charge on any atom is -0.294 e. The number of amides is 2. The summed E-state index contributed by atoms with van der Waals surface area (Å²) in [5, 5.41) is 2.06.